The van der Waals surface area contributed by atoms with E-state index < -0.39 is 0 Å². The summed E-state index contributed by atoms with van der Waals surface area (Å²) in [6.07, 6.45) is 4.08. The third-order valence-electron chi connectivity index (χ3n) is 5.22. The second kappa shape index (κ2) is 3.58. The Morgan fingerprint density at radius 2 is 1.94 bits per heavy atom. The molecule has 3 unspecified atom stereocenters. The first-order valence-corrected chi connectivity index (χ1v) is 7.01. The maximum Gasteiger partial charge on any atom is 0.0101 e. The minimum Gasteiger partial charge on any atom is -0.317 e. The van der Waals surface area contributed by atoms with Crippen LogP contribution < -0.4 is 5.32 Å². The van der Waals surface area contributed by atoms with Gasteiger partial charge in [0.1, 0.15) is 0 Å². The molecule has 0 heterocycles. The molecule has 0 aromatic heterocycles. The Morgan fingerprint density at radius 1 is 1.11 bits per heavy atom. The number of rotatable bonds is 2. The van der Waals surface area contributed by atoms with Crippen molar-refractivity contribution in [3.63, 3.8) is 0 Å². The SMILES string of the molecule is CNC1CCC2(c3cccc4ccccc34)CC12. The average Bonchev–Trinajstić information content (AvgIpc) is 3.06. The predicted octanol–water partition coefficient (Wildman–Crippen LogP) is 3.48. The molecule has 0 amide bonds. The fraction of sp³-hybridized carbons (Fsp3) is 0.412. The van der Waals surface area contributed by atoms with E-state index in [0.29, 0.717) is 5.41 Å². The third kappa shape index (κ3) is 1.26. The maximum absolute atomic E-state index is 3.50. The van der Waals surface area contributed by atoms with Crippen molar-refractivity contribution in [1.82, 2.24) is 5.32 Å². The van der Waals surface area contributed by atoms with Crippen LogP contribution in [0.2, 0.25) is 0 Å². The van der Waals surface area contributed by atoms with E-state index in [1.807, 2.05) is 0 Å². The lowest BCUT2D eigenvalue weighted by Gasteiger charge is -2.15. The van der Waals surface area contributed by atoms with E-state index in [9.17, 15) is 0 Å². The molecule has 2 aromatic carbocycles. The number of hydrogen-bond donors (Lipinski definition) is 1. The Morgan fingerprint density at radius 3 is 2.72 bits per heavy atom. The summed E-state index contributed by atoms with van der Waals surface area (Å²) in [4.78, 5) is 0. The van der Waals surface area contributed by atoms with E-state index in [1.54, 1.807) is 5.56 Å². The van der Waals surface area contributed by atoms with Crippen molar-refractivity contribution in [3.8, 4) is 0 Å². The molecule has 18 heavy (non-hydrogen) atoms. The van der Waals surface area contributed by atoms with E-state index >= 15 is 0 Å². The standard InChI is InChI=1S/C17H19N/c1-18-16-9-10-17(11-15(16)17)14-8-4-6-12-5-2-3-7-13(12)14/h2-8,15-16,18H,9-11H2,1H3. The van der Waals surface area contributed by atoms with Crippen molar-refractivity contribution in [2.24, 2.45) is 5.92 Å². The molecule has 2 fully saturated rings. The summed E-state index contributed by atoms with van der Waals surface area (Å²) in [5, 5.41) is 6.36. The van der Waals surface area contributed by atoms with Gasteiger partial charge in [-0.15, -0.1) is 0 Å². The Bertz CT molecular complexity index is 598. The van der Waals surface area contributed by atoms with Crippen LogP contribution >= 0.6 is 0 Å². The van der Waals surface area contributed by atoms with Crippen molar-refractivity contribution >= 4 is 10.8 Å². The van der Waals surface area contributed by atoms with E-state index in [-0.39, 0.29) is 0 Å². The van der Waals surface area contributed by atoms with Gasteiger partial charge in [-0.05, 0) is 48.6 Å². The van der Waals surface area contributed by atoms with Gasteiger partial charge in [0.25, 0.3) is 0 Å². The van der Waals surface area contributed by atoms with Crippen LogP contribution in [0.25, 0.3) is 10.8 Å². The third-order valence-corrected chi connectivity index (χ3v) is 5.22. The zero-order valence-corrected chi connectivity index (χ0v) is 10.8. The quantitative estimate of drug-likeness (QED) is 0.843. The molecule has 0 spiro atoms. The summed E-state index contributed by atoms with van der Waals surface area (Å²) in [5.74, 6) is 0.869. The van der Waals surface area contributed by atoms with E-state index in [1.165, 1.54) is 30.0 Å². The summed E-state index contributed by atoms with van der Waals surface area (Å²) in [6.45, 7) is 0. The van der Waals surface area contributed by atoms with Crippen molar-refractivity contribution in [3.05, 3.63) is 48.0 Å². The van der Waals surface area contributed by atoms with Gasteiger partial charge >= 0.3 is 0 Å². The van der Waals surface area contributed by atoms with Crippen LogP contribution in [0.15, 0.2) is 42.5 Å². The summed E-state index contributed by atoms with van der Waals surface area (Å²) >= 11 is 0. The number of hydrogen-bond acceptors (Lipinski definition) is 1. The second-order valence-corrected chi connectivity index (χ2v) is 5.93. The molecule has 3 atom stereocenters. The molecule has 2 aliphatic rings. The molecule has 0 aliphatic heterocycles. The molecule has 2 aromatic rings. The Balaban J connectivity index is 1.85. The number of benzene rings is 2. The van der Waals surface area contributed by atoms with Gasteiger partial charge in [0.2, 0.25) is 0 Å². The van der Waals surface area contributed by atoms with E-state index in [4.69, 9.17) is 0 Å². The smallest absolute Gasteiger partial charge is 0.0101 e. The van der Waals surface area contributed by atoms with E-state index in [2.05, 4.69) is 54.8 Å². The highest BCUT2D eigenvalue weighted by atomic mass is 14.9. The van der Waals surface area contributed by atoms with Gasteiger partial charge in [-0.2, -0.15) is 0 Å². The monoisotopic (exact) mass is 237 g/mol. The molecule has 2 saturated carbocycles. The van der Waals surface area contributed by atoms with Crippen LogP contribution in [-0.2, 0) is 5.41 Å². The highest BCUT2D eigenvalue weighted by molar-refractivity contribution is 5.87. The van der Waals surface area contributed by atoms with Crippen LogP contribution in [0.3, 0.4) is 0 Å². The Kier molecular flexibility index (Phi) is 2.10. The molecule has 2 aliphatic carbocycles. The first kappa shape index (κ1) is 10.6. The first-order chi connectivity index (χ1) is 8.85. The van der Waals surface area contributed by atoms with Crippen LogP contribution in [0.5, 0.6) is 0 Å². The molecule has 0 bridgehead atoms. The molecule has 0 saturated heterocycles. The van der Waals surface area contributed by atoms with Gasteiger partial charge < -0.3 is 5.32 Å². The minimum absolute atomic E-state index is 0.495. The largest absolute Gasteiger partial charge is 0.317 e. The van der Waals surface area contributed by atoms with Gasteiger partial charge in [-0.3, -0.25) is 0 Å². The Labute approximate surface area is 108 Å². The lowest BCUT2D eigenvalue weighted by Crippen LogP contribution is -2.24. The summed E-state index contributed by atoms with van der Waals surface area (Å²) in [6, 6.07) is 16.4. The minimum atomic E-state index is 0.495. The highest BCUT2D eigenvalue weighted by Gasteiger charge is 2.62. The topological polar surface area (TPSA) is 12.0 Å². The number of fused-ring (bicyclic) bond motifs is 2. The molecule has 1 N–H and O–H groups in total. The normalized spacial score (nSPS) is 33.6. The first-order valence-electron chi connectivity index (χ1n) is 7.01. The molecule has 1 nitrogen and oxygen atoms in total. The lowest BCUT2D eigenvalue weighted by atomic mass is 9.89. The van der Waals surface area contributed by atoms with Gasteiger partial charge in [0.05, 0.1) is 0 Å². The zero-order chi connectivity index (χ0) is 12.2. The van der Waals surface area contributed by atoms with Crippen molar-refractivity contribution in [2.75, 3.05) is 7.05 Å². The fourth-order valence-corrected chi connectivity index (χ4v) is 4.21. The average molecular weight is 237 g/mol. The van der Waals surface area contributed by atoms with Crippen LogP contribution in [0.1, 0.15) is 24.8 Å². The number of nitrogens with one attached hydrogen (secondary N) is 1. The van der Waals surface area contributed by atoms with Gasteiger partial charge in [0, 0.05) is 11.5 Å². The van der Waals surface area contributed by atoms with Crippen molar-refractivity contribution in [1.29, 1.82) is 0 Å². The molecular formula is C17H19N. The predicted molar refractivity (Wildman–Crippen MR) is 75.8 cm³/mol. The van der Waals surface area contributed by atoms with Gasteiger partial charge in [0.15, 0.2) is 0 Å². The van der Waals surface area contributed by atoms with Gasteiger partial charge in [-0.1, -0.05) is 42.5 Å². The summed E-state index contributed by atoms with van der Waals surface area (Å²) < 4.78 is 0. The highest BCUT2D eigenvalue weighted by Crippen LogP contribution is 2.65. The van der Waals surface area contributed by atoms with Crippen LogP contribution in [-0.4, -0.2) is 13.1 Å². The van der Waals surface area contributed by atoms with Crippen LogP contribution in [0.4, 0.5) is 0 Å². The summed E-state index contributed by atoms with van der Waals surface area (Å²) in [7, 11) is 2.11. The molecular weight excluding hydrogens is 218 g/mol. The van der Waals surface area contributed by atoms with Crippen molar-refractivity contribution in [2.45, 2.75) is 30.7 Å². The second-order valence-electron chi connectivity index (χ2n) is 5.93. The molecule has 92 valence electrons. The van der Waals surface area contributed by atoms with Crippen molar-refractivity contribution < 1.29 is 0 Å². The van der Waals surface area contributed by atoms with Gasteiger partial charge in [-0.25, -0.2) is 0 Å². The van der Waals surface area contributed by atoms with Crippen LogP contribution in [0, 0.1) is 5.92 Å². The molecule has 0 radical (unpaired) electrons. The zero-order valence-electron chi connectivity index (χ0n) is 10.8. The van der Waals surface area contributed by atoms with E-state index in [0.717, 1.165) is 12.0 Å². The molecule has 1 heteroatoms. The molecule has 4 rings (SSSR count). The lowest BCUT2D eigenvalue weighted by molar-refractivity contribution is 0.519. The Hall–Kier alpha value is -1.34. The fourth-order valence-electron chi connectivity index (χ4n) is 4.21. The maximum atomic E-state index is 3.50. The summed E-state index contributed by atoms with van der Waals surface area (Å²) in [5.41, 5.74) is 2.09.